The first-order valence-corrected chi connectivity index (χ1v) is 5.72. The third kappa shape index (κ3) is 3.41. The minimum Gasteiger partial charge on any atom is -0.309 e. The van der Waals surface area contributed by atoms with Crippen molar-refractivity contribution in [2.24, 2.45) is 0 Å². The van der Waals surface area contributed by atoms with Gasteiger partial charge in [-0.1, -0.05) is 24.3 Å². The van der Waals surface area contributed by atoms with Crippen LogP contribution in [0.2, 0.25) is 0 Å². The van der Waals surface area contributed by atoms with Crippen LogP contribution >= 0.6 is 0 Å². The largest absolute Gasteiger partial charge is 0.309 e. The molecular formula is C15H13FN2. The topological polar surface area (TPSA) is 35.8 Å². The molecule has 0 spiro atoms. The molecule has 0 aromatic heterocycles. The van der Waals surface area contributed by atoms with Crippen LogP contribution < -0.4 is 5.32 Å². The zero-order chi connectivity index (χ0) is 12.8. The van der Waals surface area contributed by atoms with Crippen LogP contribution in [0.3, 0.4) is 0 Å². The molecule has 2 aromatic carbocycles. The number of hydrogen-bond acceptors (Lipinski definition) is 2. The average molecular weight is 240 g/mol. The molecular weight excluding hydrogens is 227 g/mol. The summed E-state index contributed by atoms with van der Waals surface area (Å²) in [6.07, 6.45) is 0. The van der Waals surface area contributed by atoms with Crippen molar-refractivity contribution in [2.75, 3.05) is 0 Å². The van der Waals surface area contributed by atoms with Crippen molar-refractivity contribution in [3.05, 3.63) is 71.0 Å². The van der Waals surface area contributed by atoms with Crippen molar-refractivity contribution >= 4 is 0 Å². The molecule has 0 saturated heterocycles. The normalized spacial score (nSPS) is 10.0. The fraction of sp³-hybridized carbons (Fsp3) is 0.133. The van der Waals surface area contributed by atoms with Gasteiger partial charge in [0.2, 0.25) is 0 Å². The van der Waals surface area contributed by atoms with E-state index in [1.165, 1.54) is 12.1 Å². The fourth-order valence-corrected chi connectivity index (χ4v) is 1.70. The number of nitrogens with zero attached hydrogens (tertiary/aromatic N) is 1. The summed E-state index contributed by atoms with van der Waals surface area (Å²) in [5.41, 5.74) is 2.68. The highest BCUT2D eigenvalue weighted by molar-refractivity contribution is 5.31. The Morgan fingerprint density at radius 1 is 1.00 bits per heavy atom. The number of nitrogens with one attached hydrogen (secondary N) is 1. The highest BCUT2D eigenvalue weighted by atomic mass is 19.1. The Labute approximate surface area is 106 Å². The molecule has 0 aliphatic rings. The van der Waals surface area contributed by atoms with Crippen LogP contribution in [0.15, 0.2) is 48.5 Å². The second-order valence-electron chi connectivity index (χ2n) is 4.04. The molecule has 0 radical (unpaired) electrons. The molecule has 0 bridgehead atoms. The first-order valence-electron chi connectivity index (χ1n) is 5.72. The third-order valence-corrected chi connectivity index (χ3v) is 2.63. The molecule has 1 N–H and O–H groups in total. The van der Waals surface area contributed by atoms with Gasteiger partial charge in [-0.15, -0.1) is 0 Å². The zero-order valence-corrected chi connectivity index (χ0v) is 9.86. The van der Waals surface area contributed by atoms with Crippen molar-refractivity contribution in [2.45, 2.75) is 13.1 Å². The van der Waals surface area contributed by atoms with Crippen molar-refractivity contribution in [3.8, 4) is 6.07 Å². The minimum atomic E-state index is -0.215. The lowest BCUT2D eigenvalue weighted by Gasteiger charge is -2.05. The van der Waals surface area contributed by atoms with E-state index in [2.05, 4.69) is 11.4 Å². The Balaban J connectivity index is 1.86. The van der Waals surface area contributed by atoms with Crippen LogP contribution in [0.5, 0.6) is 0 Å². The van der Waals surface area contributed by atoms with Gasteiger partial charge in [0, 0.05) is 13.1 Å². The van der Waals surface area contributed by atoms with Crippen LogP contribution in [-0.2, 0) is 13.1 Å². The van der Waals surface area contributed by atoms with Crippen LogP contribution in [0.4, 0.5) is 4.39 Å². The van der Waals surface area contributed by atoms with Crippen LogP contribution in [0, 0.1) is 17.1 Å². The van der Waals surface area contributed by atoms with Gasteiger partial charge in [0.1, 0.15) is 5.82 Å². The smallest absolute Gasteiger partial charge is 0.123 e. The summed E-state index contributed by atoms with van der Waals surface area (Å²) in [6, 6.07) is 16.0. The Kier molecular flexibility index (Phi) is 4.06. The van der Waals surface area contributed by atoms with E-state index in [4.69, 9.17) is 5.26 Å². The Morgan fingerprint density at radius 2 is 1.72 bits per heavy atom. The minimum absolute atomic E-state index is 0.215. The zero-order valence-electron chi connectivity index (χ0n) is 9.86. The van der Waals surface area contributed by atoms with E-state index in [-0.39, 0.29) is 5.82 Å². The standard InChI is InChI=1S/C15H13FN2/c16-15-3-1-2-14(8-15)11-18-10-13-6-4-12(9-17)5-7-13/h1-8,18H,10-11H2. The van der Waals surface area contributed by atoms with E-state index in [9.17, 15) is 4.39 Å². The Morgan fingerprint density at radius 3 is 2.39 bits per heavy atom. The molecule has 18 heavy (non-hydrogen) atoms. The number of benzene rings is 2. The lowest BCUT2D eigenvalue weighted by atomic mass is 10.1. The Hall–Kier alpha value is -2.18. The molecule has 0 unspecified atom stereocenters. The molecule has 3 heteroatoms. The number of hydrogen-bond donors (Lipinski definition) is 1. The van der Waals surface area contributed by atoms with Gasteiger partial charge in [0.05, 0.1) is 11.6 Å². The molecule has 0 amide bonds. The molecule has 0 saturated carbocycles. The third-order valence-electron chi connectivity index (χ3n) is 2.63. The Bertz CT molecular complexity index is 555. The summed E-state index contributed by atoms with van der Waals surface area (Å²) >= 11 is 0. The van der Waals surface area contributed by atoms with E-state index in [0.717, 1.165) is 11.1 Å². The van der Waals surface area contributed by atoms with Gasteiger partial charge in [-0.05, 0) is 35.4 Å². The van der Waals surface area contributed by atoms with Crippen LogP contribution in [0.25, 0.3) is 0 Å². The maximum Gasteiger partial charge on any atom is 0.123 e. The molecule has 0 fully saturated rings. The maximum absolute atomic E-state index is 12.9. The van der Waals surface area contributed by atoms with Crippen molar-refractivity contribution in [1.82, 2.24) is 5.32 Å². The second kappa shape index (κ2) is 5.95. The quantitative estimate of drug-likeness (QED) is 0.891. The predicted molar refractivity (Wildman–Crippen MR) is 68.1 cm³/mol. The van der Waals surface area contributed by atoms with E-state index >= 15 is 0 Å². The fourth-order valence-electron chi connectivity index (χ4n) is 1.70. The van der Waals surface area contributed by atoms with Crippen molar-refractivity contribution < 1.29 is 4.39 Å². The second-order valence-corrected chi connectivity index (χ2v) is 4.04. The summed E-state index contributed by atoms with van der Waals surface area (Å²) < 4.78 is 12.9. The van der Waals surface area contributed by atoms with E-state index < -0.39 is 0 Å². The molecule has 0 aliphatic heterocycles. The molecule has 90 valence electrons. The summed E-state index contributed by atoms with van der Waals surface area (Å²) in [7, 11) is 0. The summed E-state index contributed by atoms with van der Waals surface area (Å²) in [5.74, 6) is -0.215. The lowest BCUT2D eigenvalue weighted by Crippen LogP contribution is -2.12. The van der Waals surface area contributed by atoms with Gasteiger partial charge in [0.15, 0.2) is 0 Å². The highest BCUT2D eigenvalue weighted by Crippen LogP contribution is 2.05. The van der Waals surface area contributed by atoms with Gasteiger partial charge in [-0.3, -0.25) is 0 Å². The number of rotatable bonds is 4. The number of nitriles is 1. The predicted octanol–water partition coefficient (Wildman–Crippen LogP) is 2.99. The monoisotopic (exact) mass is 240 g/mol. The van der Waals surface area contributed by atoms with Gasteiger partial charge >= 0.3 is 0 Å². The molecule has 0 aliphatic carbocycles. The van der Waals surface area contributed by atoms with Crippen LogP contribution in [0.1, 0.15) is 16.7 Å². The van der Waals surface area contributed by atoms with E-state index in [0.29, 0.717) is 18.7 Å². The van der Waals surface area contributed by atoms with Gasteiger partial charge < -0.3 is 5.32 Å². The van der Waals surface area contributed by atoms with Crippen molar-refractivity contribution in [1.29, 1.82) is 5.26 Å². The van der Waals surface area contributed by atoms with Gasteiger partial charge in [-0.2, -0.15) is 5.26 Å². The average Bonchev–Trinajstić information content (AvgIpc) is 2.40. The molecule has 2 rings (SSSR count). The molecule has 0 heterocycles. The summed E-state index contributed by atoms with van der Waals surface area (Å²) in [6.45, 7) is 1.32. The first kappa shape index (κ1) is 12.3. The first-order chi connectivity index (χ1) is 8.78. The maximum atomic E-state index is 12.9. The number of halogens is 1. The van der Waals surface area contributed by atoms with Crippen molar-refractivity contribution in [3.63, 3.8) is 0 Å². The SMILES string of the molecule is N#Cc1ccc(CNCc2cccc(F)c2)cc1. The van der Waals surface area contributed by atoms with Gasteiger partial charge in [0.25, 0.3) is 0 Å². The summed E-state index contributed by atoms with van der Waals surface area (Å²) in [5, 5.41) is 11.9. The highest BCUT2D eigenvalue weighted by Gasteiger charge is 1.96. The summed E-state index contributed by atoms with van der Waals surface area (Å²) in [4.78, 5) is 0. The lowest BCUT2D eigenvalue weighted by molar-refractivity contribution is 0.620. The molecule has 2 nitrogen and oxygen atoms in total. The van der Waals surface area contributed by atoms with Crippen LogP contribution in [-0.4, -0.2) is 0 Å². The molecule has 0 atom stereocenters. The van der Waals surface area contributed by atoms with E-state index in [1.54, 1.807) is 18.2 Å². The van der Waals surface area contributed by atoms with Gasteiger partial charge in [-0.25, -0.2) is 4.39 Å². The van der Waals surface area contributed by atoms with E-state index in [1.807, 2.05) is 18.2 Å². The molecule has 2 aromatic rings.